The molecule has 0 spiro atoms. The molecule has 0 saturated carbocycles. The minimum Gasteiger partial charge on any atom is -0.323 e. The van der Waals surface area contributed by atoms with E-state index in [1.807, 2.05) is 59.2 Å². The molecule has 1 amide bonds. The van der Waals surface area contributed by atoms with Crippen molar-refractivity contribution in [2.75, 3.05) is 11.4 Å². The predicted octanol–water partition coefficient (Wildman–Crippen LogP) is 5.40. The van der Waals surface area contributed by atoms with Gasteiger partial charge < -0.3 is 9.47 Å². The van der Waals surface area contributed by atoms with Crippen LogP contribution in [0, 0.1) is 5.82 Å². The smallest absolute Gasteiger partial charge is 0.227 e. The fraction of sp³-hybridized carbons (Fsp3) is 0.167. The van der Waals surface area contributed by atoms with E-state index in [1.54, 1.807) is 17.0 Å². The number of hydrogen-bond donors (Lipinski definition) is 0. The van der Waals surface area contributed by atoms with Gasteiger partial charge in [-0.1, -0.05) is 48.0 Å². The van der Waals surface area contributed by atoms with Crippen LogP contribution < -0.4 is 4.90 Å². The molecule has 6 heteroatoms. The number of anilines is 1. The van der Waals surface area contributed by atoms with Crippen LogP contribution in [0.25, 0.3) is 11.0 Å². The Balaban J connectivity index is 1.57. The van der Waals surface area contributed by atoms with Crippen molar-refractivity contribution in [1.82, 2.24) is 9.55 Å². The molecule has 3 aromatic carbocycles. The van der Waals surface area contributed by atoms with Gasteiger partial charge in [0.05, 0.1) is 17.6 Å². The zero-order valence-electron chi connectivity index (χ0n) is 16.1. The highest BCUT2D eigenvalue weighted by Gasteiger charge is 2.35. The molecule has 1 fully saturated rings. The average Bonchev–Trinajstić information content (AvgIpc) is 3.32. The molecule has 30 heavy (non-hydrogen) atoms. The van der Waals surface area contributed by atoms with E-state index in [4.69, 9.17) is 16.6 Å². The summed E-state index contributed by atoms with van der Waals surface area (Å²) in [6.07, 6.45) is 0.364. The zero-order valence-corrected chi connectivity index (χ0v) is 16.9. The van der Waals surface area contributed by atoms with Crippen LogP contribution in [0.5, 0.6) is 0 Å². The first kappa shape index (κ1) is 18.8. The minimum absolute atomic E-state index is 0.0636. The average molecular weight is 420 g/mol. The largest absolute Gasteiger partial charge is 0.323 e. The van der Waals surface area contributed by atoms with E-state index in [9.17, 15) is 9.18 Å². The second-order valence-corrected chi connectivity index (χ2v) is 7.89. The van der Waals surface area contributed by atoms with Crippen LogP contribution in [0.3, 0.4) is 0 Å². The van der Waals surface area contributed by atoms with Crippen molar-refractivity contribution in [3.8, 4) is 0 Å². The second-order valence-electron chi connectivity index (χ2n) is 7.49. The highest BCUT2D eigenvalue weighted by atomic mass is 35.5. The maximum Gasteiger partial charge on any atom is 0.227 e. The second kappa shape index (κ2) is 7.58. The Hall–Kier alpha value is -3.18. The van der Waals surface area contributed by atoms with Crippen molar-refractivity contribution >= 4 is 34.2 Å². The lowest BCUT2D eigenvalue weighted by molar-refractivity contribution is -0.117. The van der Waals surface area contributed by atoms with Crippen LogP contribution in [0.2, 0.25) is 5.02 Å². The first-order valence-corrected chi connectivity index (χ1v) is 10.2. The number of para-hydroxylation sites is 3. The first-order valence-electron chi connectivity index (χ1n) is 9.85. The van der Waals surface area contributed by atoms with Gasteiger partial charge in [-0.2, -0.15) is 0 Å². The Labute approximate surface area is 178 Å². The number of nitrogens with zero attached hydrogens (tertiary/aromatic N) is 3. The molecule has 1 saturated heterocycles. The van der Waals surface area contributed by atoms with E-state index < -0.39 is 0 Å². The molecule has 0 radical (unpaired) electrons. The molecule has 0 bridgehead atoms. The molecule has 5 rings (SSSR count). The van der Waals surface area contributed by atoms with E-state index in [1.165, 1.54) is 6.07 Å². The Kier molecular flexibility index (Phi) is 4.75. The molecule has 2 heterocycles. The van der Waals surface area contributed by atoms with E-state index >= 15 is 0 Å². The van der Waals surface area contributed by atoms with Crippen molar-refractivity contribution in [3.63, 3.8) is 0 Å². The fourth-order valence-electron chi connectivity index (χ4n) is 4.15. The summed E-state index contributed by atoms with van der Waals surface area (Å²) in [4.78, 5) is 19.4. The van der Waals surface area contributed by atoms with Gasteiger partial charge in [0, 0.05) is 35.2 Å². The lowest BCUT2D eigenvalue weighted by Gasteiger charge is -2.18. The van der Waals surface area contributed by atoms with Gasteiger partial charge in [-0.3, -0.25) is 4.79 Å². The molecular weight excluding hydrogens is 401 g/mol. The van der Waals surface area contributed by atoms with Gasteiger partial charge in [-0.25, -0.2) is 9.37 Å². The molecule has 0 N–H and O–H groups in total. The maximum atomic E-state index is 14.5. The number of amides is 1. The molecule has 0 aliphatic carbocycles. The Bertz CT molecular complexity index is 1220. The molecule has 1 aromatic heterocycles. The summed E-state index contributed by atoms with van der Waals surface area (Å²) in [5.74, 6) is 0.409. The third-order valence-corrected chi connectivity index (χ3v) is 5.97. The van der Waals surface area contributed by atoms with Crippen LogP contribution in [0.15, 0.2) is 72.8 Å². The van der Waals surface area contributed by atoms with Crippen LogP contribution in [-0.4, -0.2) is 22.0 Å². The maximum absolute atomic E-state index is 14.5. The molecule has 4 nitrogen and oxygen atoms in total. The number of halogens is 2. The molecule has 150 valence electrons. The zero-order chi connectivity index (χ0) is 20.7. The normalized spacial score (nSPS) is 16.5. The molecule has 1 aliphatic rings. The van der Waals surface area contributed by atoms with Crippen molar-refractivity contribution in [2.24, 2.45) is 0 Å². The predicted molar refractivity (Wildman–Crippen MR) is 116 cm³/mol. The summed E-state index contributed by atoms with van der Waals surface area (Å²) >= 11 is 6.30. The highest BCUT2D eigenvalue weighted by Crippen LogP contribution is 2.34. The topological polar surface area (TPSA) is 38.1 Å². The molecular formula is C24H19ClFN3O. The van der Waals surface area contributed by atoms with Crippen molar-refractivity contribution in [3.05, 3.63) is 95.0 Å². The van der Waals surface area contributed by atoms with Gasteiger partial charge in [0.25, 0.3) is 0 Å². The van der Waals surface area contributed by atoms with Crippen molar-refractivity contribution in [2.45, 2.75) is 18.9 Å². The number of imidazole rings is 1. The van der Waals surface area contributed by atoms with Crippen molar-refractivity contribution < 1.29 is 9.18 Å². The van der Waals surface area contributed by atoms with Crippen molar-refractivity contribution in [1.29, 1.82) is 0 Å². The summed E-state index contributed by atoms with van der Waals surface area (Å²) in [6, 6.07) is 22.1. The number of carbonyl (C=O) groups is 1. The summed E-state index contributed by atoms with van der Waals surface area (Å²) in [6.45, 7) is 0.800. The standard InChI is InChI=1S/C24H19ClFN3O/c25-19-9-6-10-20(26)18(19)15-29-22-12-5-4-11-21(22)27-24(29)16-13-23(30)28(14-16)17-7-2-1-3-8-17/h1-12,16H,13-15H2. The van der Waals surface area contributed by atoms with Crippen LogP contribution in [0.1, 0.15) is 23.7 Å². The summed E-state index contributed by atoms with van der Waals surface area (Å²) in [7, 11) is 0. The third-order valence-electron chi connectivity index (χ3n) is 5.62. The monoisotopic (exact) mass is 419 g/mol. The third kappa shape index (κ3) is 3.25. The lowest BCUT2D eigenvalue weighted by atomic mass is 10.1. The van der Waals surface area contributed by atoms with Gasteiger partial charge >= 0.3 is 0 Å². The van der Waals surface area contributed by atoms with E-state index in [0.29, 0.717) is 23.6 Å². The summed E-state index contributed by atoms with van der Waals surface area (Å²) < 4.78 is 16.5. The van der Waals surface area contributed by atoms with E-state index in [2.05, 4.69) is 0 Å². The molecule has 1 atom stereocenters. The van der Waals surface area contributed by atoms with E-state index in [-0.39, 0.29) is 24.2 Å². The minimum atomic E-state index is -0.348. The molecule has 1 unspecified atom stereocenters. The lowest BCUT2D eigenvalue weighted by Crippen LogP contribution is -2.24. The van der Waals surface area contributed by atoms with Gasteiger partial charge in [0.15, 0.2) is 0 Å². The molecule has 4 aromatic rings. The summed E-state index contributed by atoms with van der Waals surface area (Å²) in [5.41, 5.74) is 3.03. The highest BCUT2D eigenvalue weighted by molar-refractivity contribution is 6.31. The van der Waals surface area contributed by atoms with Crippen LogP contribution >= 0.6 is 11.6 Å². The Morgan fingerprint density at radius 1 is 1.00 bits per heavy atom. The van der Waals surface area contributed by atoms with Gasteiger partial charge in [0.1, 0.15) is 11.6 Å². The molecule has 1 aliphatic heterocycles. The number of rotatable bonds is 4. The fourth-order valence-corrected chi connectivity index (χ4v) is 4.37. The Morgan fingerprint density at radius 3 is 2.57 bits per heavy atom. The van der Waals surface area contributed by atoms with Crippen LogP contribution in [0.4, 0.5) is 10.1 Å². The number of aromatic nitrogens is 2. The van der Waals surface area contributed by atoms with Gasteiger partial charge in [-0.05, 0) is 36.4 Å². The summed E-state index contributed by atoms with van der Waals surface area (Å²) in [5, 5.41) is 0.382. The number of fused-ring (bicyclic) bond motifs is 1. The quantitative estimate of drug-likeness (QED) is 0.444. The SMILES string of the molecule is O=C1CC(c2nc3ccccc3n2Cc2c(F)cccc2Cl)CN1c1ccccc1. The van der Waals surface area contributed by atoms with Gasteiger partial charge in [0.2, 0.25) is 5.91 Å². The van der Waals surface area contributed by atoms with Crippen LogP contribution in [-0.2, 0) is 11.3 Å². The number of carbonyl (C=O) groups excluding carboxylic acids is 1. The number of hydrogen-bond acceptors (Lipinski definition) is 2. The van der Waals surface area contributed by atoms with E-state index in [0.717, 1.165) is 22.5 Å². The number of benzene rings is 3. The Morgan fingerprint density at radius 2 is 1.77 bits per heavy atom. The van der Waals surface area contributed by atoms with Gasteiger partial charge in [-0.15, -0.1) is 0 Å². The first-order chi connectivity index (χ1) is 14.6.